The lowest BCUT2D eigenvalue weighted by Crippen LogP contribution is -2.06. The molecule has 0 aliphatic carbocycles. The highest BCUT2D eigenvalue weighted by Crippen LogP contribution is 2.12. The molecule has 0 spiro atoms. The summed E-state index contributed by atoms with van der Waals surface area (Å²) in [5.41, 5.74) is 0. The van der Waals surface area contributed by atoms with Gasteiger partial charge in [0.25, 0.3) is 0 Å². The first-order valence-corrected chi connectivity index (χ1v) is 7.68. The molecular formula is C19H24O5. The Morgan fingerprint density at radius 3 is 1.42 bits per heavy atom. The van der Waals surface area contributed by atoms with Crippen LogP contribution in [-0.4, -0.2) is 50.5 Å². The molecule has 0 radical (unpaired) electrons. The number of para-hydroxylation sites is 1. The molecule has 2 aromatic carbocycles. The van der Waals surface area contributed by atoms with Crippen LogP contribution in [0, 0.1) is 0 Å². The Labute approximate surface area is 142 Å². The van der Waals surface area contributed by atoms with Gasteiger partial charge in [-0.1, -0.05) is 54.6 Å². The minimum Gasteiger partial charge on any atom is -0.508 e. The highest BCUT2D eigenvalue weighted by Gasteiger charge is 2.26. The molecule has 2 atom stereocenters. The van der Waals surface area contributed by atoms with Crippen LogP contribution in [0.25, 0.3) is 0 Å². The van der Waals surface area contributed by atoms with Crippen LogP contribution in [0.3, 0.4) is 0 Å². The van der Waals surface area contributed by atoms with Crippen molar-refractivity contribution < 1.29 is 24.1 Å². The van der Waals surface area contributed by atoms with Crippen molar-refractivity contribution in [3.05, 3.63) is 66.7 Å². The quantitative estimate of drug-likeness (QED) is 0.872. The van der Waals surface area contributed by atoms with Crippen molar-refractivity contribution in [1.29, 1.82) is 0 Å². The van der Waals surface area contributed by atoms with Gasteiger partial charge in [-0.05, 0) is 12.1 Å². The Kier molecular flexibility index (Phi) is 11.0. The van der Waals surface area contributed by atoms with Gasteiger partial charge in [0.05, 0.1) is 26.4 Å². The maximum Gasteiger partial charge on any atom is 0.115 e. The maximum atomic E-state index is 8.63. The van der Waals surface area contributed by atoms with Crippen molar-refractivity contribution in [2.45, 2.75) is 12.2 Å². The first kappa shape index (κ1) is 19.8. The Bertz CT molecular complexity index is 459. The number of hydrogen-bond acceptors (Lipinski definition) is 5. The second-order valence-corrected chi connectivity index (χ2v) is 4.94. The van der Waals surface area contributed by atoms with Crippen molar-refractivity contribution >= 4 is 6.79 Å². The van der Waals surface area contributed by atoms with Crippen LogP contribution >= 0.6 is 0 Å². The van der Waals surface area contributed by atoms with Gasteiger partial charge in [0.1, 0.15) is 24.7 Å². The van der Waals surface area contributed by atoms with Gasteiger partial charge in [-0.2, -0.15) is 0 Å². The monoisotopic (exact) mass is 332 g/mol. The molecule has 4 rings (SSSR count). The zero-order chi connectivity index (χ0) is 17.5. The molecule has 130 valence electrons. The summed E-state index contributed by atoms with van der Waals surface area (Å²) < 4.78 is 15.1. The molecular weight excluding hydrogens is 308 g/mol. The van der Waals surface area contributed by atoms with Gasteiger partial charge in [0.15, 0.2) is 0 Å². The van der Waals surface area contributed by atoms with Crippen LogP contribution in [0.2, 0.25) is 0 Å². The zero-order valence-corrected chi connectivity index (χ0v) is 13.6. The first-order valence-electron chi connectivity index (χ1n) is 7.68. The number of phenols is 1. The SMILES string of the molecule is C(OCC1CO1)C1CO1.C=O.Oc1ccccc1.c1ccccc1. The van der Waals surface area contributed by atoms with Crippen molar-refractivity contribution in [2.75, 3.05) is 26.4 Å². The molecule has 5 heteroatoms. The number of carbonyl (C=O) groups excluding carboxylic acids is 1. The molecule has 2 heterocycles. The van der Waals surface area contributed by atoms with E-state index in [1.807, 2.05) is 49.3 Å². The van der Waals surface area contributed by atoms with E-state index in [0.717, 1.165) is 26.4 Å². The molecule has 1 N–H and O–H groups in total. The Hall–Kier alpha value is -2.21. The summed E-state index contributed by atoms with van der Waals surface area (Å²) in [4.78, 5) is 8.00. The van der Waals surface area contributed by atoms with Gasteiger partial charge in [-0.3, -0.25) is 0 Å². The summed E-state index contributed by atoms with van der Waals surface area (Å²) >= 11 is 0. The van der Waals surface area contributed by atoms with Crippen LogP contribution in [0.15, 0.2) is 66.7 Å². The third kappa shape index (κ3) is 12.3. The zero-order valence-electron chi connectivity index (χ0n) is 13.6. The largest absolute Gasteiger partial charge is 0.508 e. The van der Waals surface area contributed by atoms with Crippen molar-refractivity contribution in [3.63, 3.8) is 0 Å². The first-order chi connectivity index (χ1) is 11.8. The molecule has 2 saturated heterocycles. The topological polar surface area (TPSA) is 71.6 Å². The van der Waals surface area contributed by atoms with Crippen molar-refractivity contribution in [2.24, 2.45) is 0 Å². The fourth-order valence-corrected chi connectivity index (χ4v) is 1.47. The molecule has 5 nitrogen and oxygen atoms in total. The molecule has 0 bridgehead atoms. The molecule has 0 aromatic heterocycles. The van der Waals surface area contributed by atoms with Gasteiger partial charge in [0, 0.05) is 0 Å². The minimum absolute atomic E-state index is 0.322. The number of benzene rings is 2. The molecule has 0 saturated carbocycles. The predicted molar refractivity (Wildman–Crippen MR) is 92.0 cm³/mol. The smallest absolute Gasteiger partial charge is 0.115 e. The average molecular weight is 332 g/mol. The minimum atomic E-state index is 0.322. The van der Waals surface area contributed by atoms with Crippen LogP contribution in [0.4, 0.5) is 0 Å². The number of rotatable bonds is 4. The third-order valence-corrected chi connectivity index (χ3v) is 2.84. The van der Waals surface area contributed by atoms with Gasteiger partial charge < -0.3 is 24.1 Å². The molecule has 0 amide bonds. The summed E-state index contributed by atoms with van der Waals surface area (Å²) in [6, 6.07) is 20.7. The van der Waals surface area contributed by atoms with E-state index >= 15 is 0 Å². The van der Waals surface area contributed by atoms with E-state index in [0.29, 0.717) is 18.0 Å². The van der Waals surface area contributed by atoms with Crippen LogP contribution in [0.5, 0.6) is 5.75 Å². The van der Waals surface area contributed by atoms with Gasteiger partial charge in [0.2, 0.25) is 0 Å². The second kappa shape index (κ2) is 13.2. The highest BCUT2D eigenvalue weighted by atomic mass is 16.6. The lowest BCUT2D eigenvalue weighted by Gasteiger charge is -1.95. The maximum absolute atomic E-state index is 8.63. The van der Waals surface area contributed by atoms with Gasteiger partial charge >= 0.3 is 0 Å². The van der Waals surface area contributed by atoms with E-state index in [-0.39, 0.29) is 0 Å². The normalized spacial score (nSPS) is 19.2. The van der Waals surface area contributed by atoms with Crippen LogP contribution in [0.1, 0.15) is 0 Å². The second-order valence-electron chi connectivity index (χ2n) is 4.94. The fourth-order valence-electron chi connectivity index (χ4n) is 1.47. The van der Waals surface area contributed by atoms with Crippen molar-refractivity contribution in [1.82, 2.24) is 0 Å². The van der Waals surface area contributed by atoms with E-state index in [9.17, 15) is 0 Å². The predicted octanol–water partition coefficient (Wildman–Crippen LogP) is 2.69. The van der Waals surface area contributed by atoms with E-state index < -0.39 is 0 Å². The fraction of sp³-hybridized carbons (Fsp3) is 0.316. The van der Waals surface area contributed by atoms with E-state index in [1.54, 1.807) is 24.3 Å². The average Bonchev–Trinajstić information content (AvgIpc) is 3.56. The molecule has 2 aliphatic heterocycles. The van der Waals surface area contributed by atoms with E-state index in [1.165, 1.54) is 0 Å². The summed E-state index contributed by atoms with van der Waals surface area (Å²) in [7, 11) is 0. The van der Waals surface area contributed by atoms with E-state index in [2.05, 4.69) is 0 Å². The summed E-state index contributed by atoms with van der Waals surface area (Å²) in [5.74, 6) is 0.322. The Morgan fingerprint density at radius 1 is 0.833 bits per heavy atom. The lowest BCUT2D eigenvalue weighted by molar-refractivity contribution is -0.0979. The third-order valence-electron chi connectivity index (χ3n) is 2.84. The Balaban J connectivity index is 0.000000175. The summed E-state index contributed by atoms with van der Waals surface area (Å²) in [6.07, 6.45) is 0.785. The molecule has 2 unspecified atom stereocenters. The number of ether oxygens (including phenoxy) is 3. The van der Waals surface area contributed by atoms with Crippen LogP contribution in [-0.2, 0) is 19.0 Å². The van der Waals surface area contributed by atoms with Crippen molar-refractivity contribution in [3.8, 4) is 5.75 Å². The highest BCUT2D eigenvalue weighted by molar-refractivity contribution is 5.18. The van der Waals surface area contributed by atoms with Crippen LogP contribution < -0.4 is 0 Å². The standard InChI is InChI=1S/C6H10O3.C6H6O.C6H6.CH2O/c1(5-3-8-5)7-2-6-4-9-6;7-6-4-2-1-3-5-6;1-2-4-6-5-3-1;1-2/h5-6H,1-4H2;1-5,7H;1-6H;1H2. The van der Waals surface area contributed by atoms with E-state index in [4.69, 9.17) is 24.1 Å². The number of carbonyl (C=O) groups is 1. The summed E-state index contributed by atoms with van der Waals surface area (Å²) in [6.45, 7) is 5.26. The molecule has 2 aliphatic rings. The molecule has 2 fully saturated rings. The Morgan fingerprint density at radius 2 is 1.17 bits per heavy atom. The molecule has 24 heavy (non-hydrogen) atoms. The number of phenolic OH excluding ortho intramolecular Hbond substituents is 1. The summed E-state index contributed by atoms with van der Waals surface area (Å²) in [5, 5.41) is 8.63. The van der Waals surface area contributed by atoms with Gasteiger partial charge in [-0.15, -0.1) is 0 Å². The lowest BCUT2D eigenvalue weighted by atomic mass is 10.3. The number of epoxide rings is 2. The molecule has 2 aromatic rings. The number of aromatic hydroxyl groups is 1. The number of hydrogen-bond donors (Lipinski definition) is 1. The van der Waals surface area contributed by atoms with Gasteiger partial charge in [-0.25, -0.2) is 0 Å².